The van der Waals surface area contributed by atoms with Gasteiger partial charge in [-0.1, -0.05) is 0 Å². The highest BCUT2D eigenvalue weighted by Crippen LogP contribution is 2.39. The van der Waals surface area contributed by atoms with Crippen LogP contribution in [-0.4, -0.2) is 62.6 Å². The number of nitrogens with one attached hydrogen (secondary N) is 1. The van der Waals surface area contributed by atoms with E-state index in [0.717, 1.165) is 0 Å². The Kier molecular flexibility index (Phi) is 5.64. The van der Waals surface area contributed by atoms with Crippen molar-refractivity contribution >= 4 is 28.9 Å². The molecule has 0 aromatic carbocycles. The molecular formula is C17H20N4O8. The molecule has 3 heterocycles. The number of rotatable bonds is 5. The number of esters is 3. The molecule has 1 aliphatic heterocycles. The predicted octanol–water partition coefficient (Wildman–Crippen LogP) is -0.477. The smallest absolute Gasteiger partial charge is 0.303 e. The molecule has 12 heteroatoms. The zero-order valence-electron chi connectivity index (χ0n) is 16.2. The molecule has 1 aliphatic rings. The number of ether oxygens (including phenoxy) is 4. The minimum Gasteiger partial charge on any atom is -0.463 e. The van der Waals surface area contributed by atoms with Crippen LogP contribution in [0.5, 0.6) is 0 Å². The Morgan fingerprint density at radius 3 is 2.41 bits per heavy atom. The molecule has 0 radical (unpaired) electrons. The maximum Gasteiger partial charge on any atom is 0.303 e. The fourth-order valence-corrected chi connectivity index (χ4v) is 3.27. The summed E-state index contributed by atoms with van der Waals surface area (Å²) in [6.07, 6.45) is -2.86. The Balaban J connectivity index is 2.07. The molecular weight excluding hydrogens is 388 g/mol. The van der Waals surface area contributed by atoms with Crippen molar-refractivity contribution in [2.45, 2.75) is 45.2 Å². The average molecular weight is 408 g/mol. The van der Waals surface area contributed by atoms with Gasteiger partial charge in [-0.25, -0.2) is 4.98 Å². The Morgan fingerprint density at radius 1 is 1.14 bits per heavy atom. The lowest BCUT2D eigenvalue weighted by molar-refractivity contribution is -0.165. The molecule has 0 bridgehead atoms. The minimum absolute atomic E-state index is 0.195. The second kappa shape index (κ2) is 7.99. The van der Waals surface area contributed by atoms with Gasteiger partial charge in [-0.2, -0.15) is 5.10 Å². The summed E-state index contributed by atoms with van der Waals surface area (Å²) in [7, 11) is 1.55. The largest absolute Gasteiger partial charge is 0.463 e. The number of aryl methyl sites for hydroxylation is 1. The summed E-state index contributed by atoms with van der Waals surface area (Å²) in [4.78, 5) is 53.3. The molecule has 0 amide bonds. The number of hydrogen-bond acceptors (Lipinski definition) is 10. The molecule has 4 atom stereocenters. The molecule has 29 heavy (non-hydrogen) atoms. The lowest BCUT2D eigenvalue weighted by Gasteiger charge is -2.22. The molecule has 0 saturated carbocycles. The van der Waals surface area contributed by atoms with E-state index < -0.39 is 47.9 Å². The van der Waals surface area contributed by atoms with Crippen LogP contribution < -0.4 is 5.56 Å². The molecule has 12 nitrogen and oxygen atoms in total. The SMILES string of the molecule is CC(=O)OC[C@H]1O[C@@H](c2nn(C)c3c(=O)[nH]cnc23)[C@H](OC(C)=O)[C@@H]1OC(C)=O. The first kappa shape index (κ1) is 20.5. The quantitative estimate of drug-likeness (QED) is 0.507. The summed E-state index contributed by atoms with van der Waals surface area (Å²) >= 11 is 0. The topological polar surface area (TPSA) is 152 Å². The van der Waals surface area contributed by atoms with Gasteiger partial charge in [0.25, 0.3) is 5.56 Å². The normalized spacial score (nSPS) is 23.7. The Hall–Kier alpha value is -3.28. The number of nitrogens with zero attached hydrogens (tertiary/aromatic N) is 3. The van der Waals surface area contributed by atoms with Crippen molar-refractivity contribution in [3.8, 4) is 0 Å². The van der Waals surface area contributed by atoms with Crippen LogP contribution in [0.4, 0.5) is 0 Å². The molecule has 156 valence electrons. The van der Waals surface area contributed by atoms with Crippen molar-refractivity contribution in [1.29, 1.82) is 0 Å². The molecule has 0 unspecified atom stereocenters. The lowest BCUT2D eigenvalue weighted by Crippen LogP contribution is -2.40. The first-order valence-corrected chi connectivity index (χ1v) is 8.72. The van der Waals surface area contributed by atoms with E-state index in [1.54, 1.807) is 7.05 Å². The maximum absolute atomic E-state index is 12.1. The number of fused-ring (bicyclic) bond motifs is 1. The third-order valence-corrected chi connectivity index (χ3v) is 4.29. The van der Waals surface area contributed by atoms with Gasteiger partial charge in [0.05, 0.1) is 6.33 Å². The predicted molar refractivity (Wildman–Crippen MR) is 94.5 cm³/mol. The number of carbonyl (C=O) groups is 3. The van der Waals surface area contributed by atoms with Gasteiger partial charge in [-0.15, -0.1) is 0 Å². The summed E-state index contributed by atoms with van der Waals surface area (Å²) in [6, 6.07) is 0. The van der Waals surface area contributed by atoms with Crippen molar-refractivity contribution in [3.63, 3.8) is 0 Å². The lowest BCUT2D eigenvalue weighted by atomic mass is 10.0. The Morgan fingerprint density at radius 2 is 1.79 bits per heavy atom. The van der Waals surface area contributed by atoms with Gasteiger partial charge in [-0.3, -0.25) is 23.9 Å². The second-order valence-corrected chi connectivity index (χ2v) is 6.48. The third kappa shape index (κ3) is 4.11. The van der Waals surface area contributed by atoms with E-state index in [0.29, 0.717) is 0 Å². The first-order valence-electron chi connectivity index (χ1n) is 8.72. The van der Waals surface area contributed by atoms with Crippen molar-refractivity contribution in [1.82, 2.24) is 19.7 Å². The van der Waals surface area contributed by atoms with Crippen LogP contribution in [0.25, 0.3) is 11.0 Å². The highest BCUT2D eigenvalue weighted by molar-refractivity contribution is 5.77. The highest BCUT2D eigenvalue weighted by atomic mass is 16.6. The van der Waals surface area contributed by atoms with E-state index in [2.05, 4.69) is 15.1 Å². The van der Waals surface area contributed by atoms with Gasteiger partial charge in [0.2, 0.25) is 0 Å². The van der Waals surface area contributed by atoms with E-state index in [4.69, 9.17) is 18.9 Å². The number of carbonyl (C=O) groups excluding carboxylic acids is 3. The van der Waals surface area contributed by atoms with Crippen LogP contribution in [0.2, 0.25) is 0 Å². The van der Waals surface area contributed by atoms with Gasteiger partial charge in [0, 0.05) is 27.8 Å². The van der Waals surface area contributed by atoms with E-state index >= 15 is 0 Å². The Labute approximate surface area is 164 Å². The van der Waals surface area contributed by atoms with E-state index in [9.17, 15) is 19.2 Å². The molecule has 1 saturated heterocycles. The van der Waals surface area contributed by atoms with Crippen molar-refractivity contribution < 1.29 is 33.3 Å². The molecule has 0 spiro atoms. The van der Waals surface area contributed by atoms with Gasteiger partial charge in [0.15, 0.2) is 17.7 Å². The number of H-pyrrole nitrogens is 1. The van der Waals surface area contributed by atoms with Crippen LogP contribution in [0.3, 0.4) is 0 Å². The van der Waals surface area contributed by atoms with Crippen LogP contribution in [-0.2, 0) is 40.4 Å². The maximum atomic E-state index is 12.1. The molecule has 0 aliphatic carbocycles. The van der Waals surface area contributed by atoms with Crippen LogP contribution in [0.1, 0.15) is 32.6 Å². The summed E-state index contributed by atoms with van der Waals surface area (Å²) < 4.78 is 22.9. The summed E-state index contributed by atoms with van der Waals surface area (Å²) in [5, 5.41) is 4.30. The fraction of sp³-hybridized carbons (Fsp3) is 0.529. The average Bonchev–Trinajstić information content (AvgIpc) is 3.11. The monoisotopic (exact) mass is 408 g/mol. The van der Waals surface area contributed by atoms with Gasteiger partial charge in [0.1, 0.15) is 30.0 Å². The Bertz CT molecular complexity index is 1010. The zero-order chi connectivity index (χ0) is 21.3. The van der Waals surface area contributed by atoms with Crippen molar-refractivity contribution in [2.24, 2.45) is 7.05 Å². The van der Waals surface area contributed by atoms with Crippen LogP contribution >= 0.6 is 0 Å². The number of aromatic amines is 1. The standard InChI is InChI=1S/C17H20N4O8/c1-7(22)26-5-10-14(27-8(2)23)16(28-9(3)24)15(29-10)12-11-13(21(4)20-12)17(25)19-6-18-11/h6,10,14-16H,5H2,1-4H3,(H,18,19,25)/t10-,14-,15+,16-/m1/s1. The highest BCUT2D eigenvalue weighted by Gasteiger charge is 2.51. The van der Waals surface area contributed by atoms with Crippen LogP contribution in [0.15, 0.2) is 11.1 Å². The number of hydrogen-bond donors (Lipinski definition) is 1. The second-order valence-electron chi connectivity index (χ2n) is 6.48. The third-order valence-electron chi connectivity index (χ3n) is 4.29. The molecule has 2 aromatic rings. The van der Waals surface area contributed by atoms with Crippen molar-refractivity contribution in [2.75, 3.05) is 6.61 Å². The van der Waals surface area contributed by atoms with Crippen LogP contribution in [0, 0.1) is 0 Å². The summed E-state index contributed by atoms with van der Waals surface area (Å²) in [5.74, 6) is -1.83. The number of aromatic nitrogens is 4. The van der Waals surface area contributed by atoms with Gasteiger partial charge >= 0.3 is 17.9 Å². The van der Waals surface area contributed by atoms with Gasteiger partial charge < -0.3 is 23.9 Å². The molecule has 3 rings (SSSR count). The summed E-state index contributed by atoms with van der Waals surface area (Å²) in [6.45, 7) is 3.37. The molecule has 1 N–H and O–H groups in total. The fourth-order valence-electron chi connectivity index (χ4n) is 3.27. The summed E-state index contributed by atoms with van der Waals surface area (Å²) in [5.41, 5.74) is 0.252. The van der Waals surface area contributed by atoms with E-state index in [1.165, 1.54) is 31.8 Å². The first-order chi connectivity index (χ1) is 13.7. The molecule has 2 aromatic heterocycles. The minimum atomic E-state index is -1.09. The van der Waals surface area contributed by atoms with Crippen molar-refractivity contribution in [3.05, 3.63) is 22.4 Å². The van der Waals surface area contributed by atoms with Gasteiger partial charge in [-0.05, 0) is 0 Å². The van der Waals surface area contributed by atoms with E-state index in [1.807, 2.05) is 0 Å². The zero-order valence-corrected chi connectivity index (χ0v) is 16.2. The molecule has 1 fully saturated rings. The van der Waals surface area contributed by atoms with E-state index in [-0.39, 0.29) is 23.3 Å².